The van der Waals surface area contributed by atoms with Gasteiger partial charge < -0.3 is 10.1 Å². The van der Waals surface area contributed by atoms with E-state index in [0.29, 0.717) is 27.4 Å². The standard InChI is InChI=1S/C18H16ClN3O3/c1-11(18(24)21-14-9-12(19)7-8-17(14)25-2)22-15-6-4-3-5-13(15)16(23)10-20-22/h3-11H,1-2H3,(H,21,24)/t11-/m0/s1. The Morgan fingerprint density at radius 1 is 1.28 bits per heavy atom. The highest BCUT2D eigenvalue weighted by atomic mass is 35.5. The predicted octanol–water partition coefficient (Wildman–Crippen LogP) is 3.26. The van der Waals surface area contributed by atoms with Crippen LogP contribution in [0.4, 0.5) is 5.69 Å². The number of rotatable bonds is 4. The maximum absolute atomic E-state index is 12.7. The molecule has 7 heteroatoms. The van der Waals surface area contributed by atoms with Gasteiger partial charge in [-0.1, -0.05) is 23.7 Å². The Hall–Kier alpha value is -2.86. The molecule has 2 aromatic carbocycles. The fourth-order valence-corrected chi connectivity index (χ4v) is 2.74. The molecular weight excluding hydrogens is 342 g/mol. The first-order valence-electron chi connectivity index (χ1n) is 7.62. The smallest absolute Gasteiger partial charge is 0.249 e. The van der Waals surface area contributed by atoms with Crippen molar-refractivity contribution >= 4 is 34.1 Å². The van der Waals surface area contributed by atoms with Crippen molar-refractivity contribution < 1.29 is 9.53 Å². The minimum atomic E-state index is -0.644. The van der Waals surface area contributed by atoms with E-state index in [1.165, 1.54) is 18.0 Å². The van der Waals surface area contributed by atoms with Gasteiger partial charge in [0.05, 0.1) is 24.5 Å². The van der Waals surface area contributed by atoms with Crippen LogP contribution < -0.4 is 15.5 Å². The summed E-state index contributed by atoms with van der Waals surface area (Å²) in [6.45, 7) is 1.70. The predicted molar refractivity (Wildman–Crippen MR) is 97.3 cm³/mol. The molecule has 1 aromatic heterocycles. The number of halogens is 1. The van der Waals surface area contributed by atoms with Crippen molar-refractivity contribution in [2.45, 2.75) is 13.0 Å². The van der Waals surface area contributed by atoms with Gasteiger partial charge in [-0.25, -0.2) is 0 Å². The van der Waals surface area contributed by atoms with Crippen molar-refractivity contribution in [1.29, 1.82) is 0 Å². The van der Waals surface area contributed by atoms with Gasteiger partial charge in [0, 0.05) is 10.4 Å². The molecule has 3 rings (SSSR count). The molecule has 0 fully saturated rings. The molecule has 0 bridgehead atoms. The lowest BCUT2D eigenvalue weighted by Gasteiger charge is -2.18. The molecular formula is C18H16ClN3O3. The van der Waals surface area contributed by atoms with Gasteiger partial charge in [-0.05, 0) is 37.3 Å². The van der Waals surface area contributed by atoms with Crippen LogP contribution in [0.25, 0.3) is 10.9 Å². The molecule has 1 amide bonds. The third-order valence-electron chi connectivity index (χ3n) is 3.88. The van der Waals surface area contributed by atoms with Crippen LogP contribution in [0.2, 0.25) is 5.02 Å². The third kappa shape index (κ3) is 3.34. The first-order chi connectivity index (χ1) is 12.0. The van der Waals surface area contributed by atoms with Crippen molar-refractivity contribution in [2.75, 3.05) is 12.4 Å². The Morgan fingerprint density at radius 2 is 2.04 bits per heavy atom. The number of carbonyl (C=O) groups excluding carboxylic acids is 1. The highest BCUT2D eigenvalue weighted by molar-refractivity contribution is 6.31. The van der Waals surface area contributed by atoms with Gasteiger partial charge in [-0.2, -0.15) is 5.10 Å². The second kappa shape index (κ2) is 6.94. The normalized spacial score (nSPS) is 12.0. The quantitative estimate of drug-likeness (QED) is 0.777. The lowest BCUT2D eigenvalue weighted by molar-refractivity contribution is -0.119. The second-order valence-corrected chi connectivity index (χ2v) is 5.92. The van der Waals surface area contributed by atoms with E-state index < -0.39 is 6.04 Å². The van der Waals surface area contributed by atoms with Gasteiger partial charge in [-0.15, -0.1) is 0 Å². The van der Waals surface area contributed by atoms with Crippen molar-refractivity contribution in [3.05, 3.63) is 63.9 Å². The number of methoxy groups -OCH3 is 1. The molecule has 0 saturated heterocycles. The third-order valence-corrected chi connectivity index (χ3v) is 4.12. The average Bonchev–Trinajstić information content (AvgIpc) is 2.62. The summed E-state index contributed by atoms with van der Waals surface area (Å²) < 4.78 is 6.75. The Bertz CT molecular complexity index is 1000. The van der Waals surface area contributed by atoms with Crippen LogP contribution in [0.1, 0.15) is 13.0 Å². The molecule has 0 radical (unpaired) electrons. The zero-order chi connectivity index (χ0) is 18.0. The zero-order valence-corrected chi connectivity index (χ0v) is 14.4. The summed E-state index contributed by atoms with van der Waals surface area (Å²) >= 11 is 5.99. The number of nitrogens with one attached hydrogen (secondary N) is 1. The molecule has 1 N–H and O–H groups in total. The van der Waals surface area contributed by atoms with Crippen LogP contribution in [-0.4, -0.2) is 22.8 Å². The molecule has 0 aliphatic carbocycles. The zero-order valence-electron chi connectivity index (χ0n) is 13.7. The molecule has 0 spiro atoms. The minimum Gasteiger partial charge on any atom is -0.495 e. The number of ether oxygens (including phenoxy) is 1. The van der Waals surface area contributed by atoms with E-state index in [1.54, 1.807) is 49.4 Å². The SMILES string of the molecule is COc1ccc(Cl)cc1NC(=O)[C@H](C)n1ncc(=O)c2ccccc21. The van der Waals surface area contributed by atoms with Crippen molar-refractivity contribution in [3.63, 3.8) is 0 Å². The van der Waals surface area contributed by atoms with Gasteiger partial charge in [0.2, 0.25) is 11.3 Å². The number of benzene rings is 2. The van der Waals surface area contributed by atoms with Gasteiger partial charge in [0.15, 0.2) is 0 Å². The van der Waals surface area contributed by atoms with Crippen LogP contribution in [0, 0.1) is 0 Å². The maximum Gasteiger partial charge on any atom is 0.249 e. The fourth-order valence-electron chi connectivity index (χ4n) is 2.56. The Labute approximate surface area is 149 Å². The van der Waals surface area contributed by atoms with E-state index in [1.807, 2.05) is 0 Å². The summed E-state index contributed by atoms with van der Waals surface area (Å²) in [4.78, 5) is 24.6. The summed E-state index contributed by atoms with van der Waals surface area (Å²) in [6.07, 6.45) is 1.21. The maximum atomic E-state index is 12.7. The number of aromatic nitrogens is 2. The Morgan fingerprint density at radius 3 is 2.80 bits per heavy atom. The van der Waals surface area contributed by atoms with Gasteiger partial charge in [0.25, 0.3) is 0 Å². The van der Waals surface area contributed by atoms with Crippen molar-refractivity contribution in [2.24, 2.45) is 0 Å². The van der Waals surface area contributed by atoms with Crippen LogP contribution in [0.5, 0.6) is 5.75 Å². The first kappa shape index (κ1) is 17.0. The Balaban J connectivity index is 1.95. The molecule has 3 aromatic rings. The van der Waals surface area contributed by atoms with E-state index in [4.69, 9.17) is 16.3 Å². The van der Waals surface area contributed by atoms with E-state index in [-0.39, 0.29) is 11.3 Å². The molecule has 6 nitrogen and oxygen atoms in total. The monoisotopic (exact) mass is 357 g/mol. The van der Waals surface area contributed by atoms with Gasteiger partial charge >= 0.3 is 0 Å². The van der Waals surface area contributed by atoms with Crippen LogP contribution in [0.3, 0.4) is 0 Å². The van der Waals surface area contributed by atoms with E-state index in [2.05, 4.69) is 10.4 Å². The highest BCUT2D eigenvalue weighted by Crippen LogP contribution is 2.28. The second-order valence-electron chi connectivity index (χ2n) is 5.48. The molecule has 0 aliphatic rings. The molecule has 1 atom stereocenters. The van der Waals surface area contributed by atoms with E-state index in [0.717, 1.165) is 0 Å². The number of amides is 1. The summed E-state index contributed by atoms with van der Waals surface area (Å²) in [5.41, 5.74) is 0.879. The topological polar surface area (TPSA) is 73.2 Å². The number of para-hydroxylation sites is 1. The lowest BCUT2D eigenvalue weighted by atomic mass is 10.2. The molecule has 0 aliphatic heterocycles. The first-order valence-corrected chi connectivity index (χ1v) is 8.00. The van der Waals surface area contributed by atoms with Crippen molar-refractivity contribution in [1.82, 2.24) is 9.78 Å². The number of nitrogens with zero attached hydrogens (tertiary/aromatic N) is 2. The molecule has 25 heavy (non-hydrogen) atoms. The highest BCUT2D eigenvalue weighted by Gasteiger charge is 2.19. The number of carbonyl (C=O) groups is 1. The van der Waals surface area contributed by atoms with Crippen LogP contribution >= 0.6 is 11.6 Å². The number of fused-ring (bicyclic) bond motifs is 1. The summed E-state index contributed by atoms with van der Waals surface area (Å²) in [7, 11) is 1.51. The van der Waals surface area contributed by atoms with E-state index in [9.17, 15) is 9.59 Å². The number of anilines is 1. The summed E-state index contributed by atoms with van der Waals surface area (Å²) in [5, 5.41) is 7.90. The Kier molecular flexibility index (Phi) is 4.72. The molecule has 1 heterocycles. The number of hydrogen-bond acceptors (Lipinski definition) is 4. The molecule has 0 unspecified atom stereocenters. The summed E-state index contributed by atoms with van der Waals surface area (Å²) in [6, 6.07) is 11.4. The van der Waals surface area contributed by atoms with Crippen LogP contribution in [0.15, 0.2) is 53.5 Å². The largest absolute Gasteiger partial charge is 0.495 e. The van der Waals surface area contributed by atoms with Crippen molar-refractivity contribution in [3.8, 4) is 5.75 Å². The average molecular weight is 358 g/mol. The van der Waals surface area contributed by atoms with E-state index >= 15 is 0 Å². The summed E-state index contributed by atoms with van der Waals surface area (Å²) in [5.74, 6) is 0.199. The van der Waals surface area contributed by atoms with Gasteiger partial charge in [-0.3, -0.25) is 14.3 Å². The van der Waals surface area contributed by atoms with Crippen LogP contribution in [-0.2, 0) is 4.79 Å². The number of hydrogen-bond donors (Lipinski definition) is 1. The molecule has 0 saturated carbocycles. The fraction of sp³-hybridized carbons (Fsp3) is 0.167. The molecule has 128 valence electrons. The minimum absolute atomic E-state index is 0.184. The lowest BCUT2D eigenvalue weighted by Crippen LogP contribution is -2.27. The van der Waals surface area contributed by atoms with Gasteiger partial charge in [0.1, 0.15) is 11.8 Å².